The van der Waals surface area contributed by atoms with E-state index in [0.717, 1.165) is 5.69 Å². The Morgan fingerprint density at radius 1 is 1.40 bits per heavy atom. The van der Waals surface area contributed by atoms with Crippen LogP contribution in [0, 0.1) is 0 Å². The third kappa shape index (κ3) is 0.797. The van der Waals surface area contributed by atoms with E-state index in [0.29, 0.717) is 0 Å². The number of benzene rings is 1. The molecule has 0 atom stereocenters. The van der Waals surface area contributed by atoms with Crippen molar-refractivity contribution in [2.75, 3.05) is 11.5 Å². The average molecular weight is 151 g/mol. The van der Waals surface area contributed by atoms with Crippen molar-refractivity contribution in [2.24, 2.45) is 0 Å². The van der Waals surface area contributed by atoms with E-state index >= 15 is 0 Å². The van der Waals surface area contributed by atoms with Crippen molar-refractivity contribution >= 4 is 17.4 Å². The monoisotopic (exact) mass is 151 g/mol. The molecule has 1 aliphatic rings. The van der Waals surface area contributed by atoms with Crippen molar-refractivity contribution in [3.05, 3.63) is 23.8 Å². The summed E-state index contributed by atoms with van der Waals surface area (Å²) in [7, 11) is 0. The molecule has 2 N–H and O–H groups in total. The van der Waals surface area contributed by atoms with E-state index in [4.69, 9.17) is 5.73 Å². The highest BCUT2D eigenvalue weighted by molar-refractivity contribution is 7.99. The van der Waals surface area contributed by atoms with Gasteiger partial charge in [0, 0.05) is 16.3 Å². The van der Waals surface area contributed by atoms with Crippen LogP contribution in [0.15, 0.2) is 23.1 Å². The molecule has 1 aliphatic heterocycles. The van der Waals surface area contributed by atoms with Gasteiger partial charge in [-0.1, -0.05) is 12.1 Å². The van der Waals surface area contributed by atoms with Gasteiger partial charge in [0.15, 0.2) is 0 Å². The van der Waals surface area contributed by atoms with Gasteiger partial charge in [0.25, 0.3) is 0 Å². The number of aryl methyl sites for hydroxylation is 1. The zero-order valence-corrected chi connectivity index (χ0v) is 6.45. The fraction of sp³-hybridized carbons (Fsp3) is 0.250. The highest BCUT2D eigenvalue weighted by atomic mass is 32.2. The molecule has 0 saturated heterocycles. The molecule has 0 saturated carbocycles. The van der Waals surface area contributed by atoms with Crippen LogP contribution in [0.4, 0.5) is 5.69 Å². The molecule has 0 aliphatic carbocycles. The van der Waals surface area contributed by atoms with E-state index in [2.05, 4.69) is 6.07 Å². The predicted molar refractivity (Wildman–Crippen MR) is 45.3 cm³/mol. The van der Waals surface area contributed by atoms with Gasteiger partial charge in [-0.3, -0.25) is 0 Å². The van der Waals surface area contributed by atoms with Gasteiger partial charge in [0.2, 0.25) is 0 Å². The first kappa shape index (κ1) is 6.10. The molecule has 1 heterocycles. The largest absolute Gasteiger partial charge is 0.398 e. The van der Waals surface area contributed by atoms with Crippen molar-refractivity contribution in [3.8, 4) is 0 Å². The van der Waals surface area contributed by atoms with Crippen LogP contribution >= 0.6 is 11.8 Å². The minimum absolute atomic E-state index is 0.944. The summed E-state index contributed by atoms with van der Waals surface area (Å²) in [5.74, 6) is 1.20. The first-order chi connectivity index (χ1) is 4.88. The number of nitrogen functional groups attached to an aromatic ring is 1. The van der Waals surface area contributed by atoms with Crippen molar-refractivity contribution in [3.63, 3.8) is 0 Å². The second-order valence-electron chi connectivity index (χ2n) is 2.43. The highest BCUT2D eigenvalue weighted by Gasteiger charge is 2.12. The number of fused-ring (bicyclic) bond motifs is 1. The van der Waals surface area contributed by atoms with Gasteiger partial charge in [0.05, 0.1) is 0 Å². The minimum atomic E-state index is 0.944. The molecule has 2 heteroatoms. The molecule has 1 aromatic rings. The van der Waals surface area contributed by atoms with Crippen LogP contribution in [0.3, 0.4) is 0 Å². The van der Waals surface area contributed by atoms with Gasteiger partial charge in [0.1, 0.15) is 0 Å². The minimum Gasteiger partial charge on any atom is -0.398 e. The molecular formula is C8H9NS. The molecule has 1 aromatic carbocycles. The number of anilines is 1. The number of rotatable bonds is 0. The summed E-state index contributed by atoms with van der Waals surface area (Å²) in [6.07, 6.45) is 1.19. The lowest BCUT2D eigenvalue weighted by molar-refractivity contribution is 1.15. The summed E-state index contributed by atoms with van der Waals surface area (Å²) >= 11 is 1.87. The number of nitrogens with two attached hydrogens (primary N) is 1. The van der Waals surface area contributed by atoms with Crippen LogP contribution < -0.4 is 5.73 Å². The third-order valence-electron chi connectivity index (χ3n) is 1.74. The van der Waals surface area contributed by atoms with Crippen molar-refractivity contribution in [1.82, 2.24) is 0 Å². The second kappa shape index (κ2) is 2.20. The van der Waals surface area contributed by atoms with Gasteiger partial charge in [-0.25, -0.2) is 0 Å². The molecule has 0 aromatic heterocycles. The Balaban J connectivity index is 2.59. The Hall–Kier alpha value is -0.630. The maximum absolute atomic E-state index is 5.75. The van der Waals surface area contributed by atoms with E-state index in [1.165, 1.54) is 22.6 Å². The fourth-order valence-corrected chi connectivity index (χ4v) is 2.36. The van der Waals surface area contributed by atoms with Crippen molar-refractivity contribution in [2.45, 2.75) is 11.3 Å². The normalized spacial score (nSPS) is 15.2. The van der Waals surface area contributed by atoms with E-state index in [9.17, 15) is 0 Å². The summed E-state index contributed by atoms with van der Waals surface area (Å²) in [6.45, 7) is 0. The highest BCUT2D eigenvalue weighted by Crippen LogP contribution is 2.35. The summed E-state index contributed by atoms with van der Waals surface area (Å²) in [4.78, 5) is 1.31. The molecule has 0 amide bonds. The lowest BCUT2D eigenvalue weighted by Crippen LogP contribution is -1.87. The molecule has 0 radical (unpaired) electrons. The Morgan fingerprint density at radius 2 is 2.30 bits per heavy atom. The predicted octanol–water partition coefficient (Wildman–Crippen LogP) is 1.92. The number of hydrogen-bond acceptors (Lipinski definition) is 2. The lowest BCUT2D eigenvalue weighted by Gasteiger charge is -1.99. The molecule has 10 heavy (non-hydrogen) atoms. The zero-order valence-electron chi connectivity index (χ0n) is 5.63. The van der Waals surface area contributed by atoms with E-state index in [-0.39, 0.29) is 0 Å². The van der Waals surface area contributed by atoms with Crippen LogP contribution in [-0.4, -0.2) is 5.75 Å². The molecule has 1 nitrogen and oxygen atoms in total. The maximum atomic E-state index is 5.75. The van der Waals surface area contributed by atoms with E-state index in [1.807, 2.05) is 23.9 Å². The summed E-state index contributed by atoms with van der Waals surface area (Å²) in [5.41, 5.74) is 8.12. The molecule has 0 unspecified atom stereocenters. The van der Waals surface area contributed by atoms with E-state index in [1.54, 1.807) is 0 Å². The summed E-state index contributed by atoms with van der Waals surface area (Å²) in [6, 6.07) is 6.16. The fourth-order valence-electron chi connectivity index (χ4n) is 1.24. The average Bonchev–Trinajstić information content (AvgIpc) is 2.36. The topological polar surface area (TPSA) is 26.0 Å². The summed E-state index contributed by atoms with van der Waals surface area (Å²) < 4.78 is 0. The molecule has 0 spiro atoms. The zero-order chi connectivity index (χ0) is 6.97. The SMILES string of the molecule is Nc1cccc2c1SCC2. The Bertz CT molecular complexity index is 257. The van der Waals surface area contributed by atoms with Crippen molar-refractivity contribution < 1.29 is 0 Å². The first-order valence-electron chi connectivity index (χ1n) is 3.38. The van der Waals surface area contributed by atoms with Crippen LogP contribution in [0.2, 0.25) is 0 Å². The van der Waals surface area contributed by atoms with Crippen LogP contribution in [0.5, 0.6) is 0 Å². The van der Waals surface area contributed by atoms with Crippen LogP contribution in [-0.2, 0) is 6.42 Å². The number of thioether (sulfide) groups is 1. The van der Waals surface area contributed by atoms with Gasteiger partial charge in [-0.2, -0.15) is 0 Å². The second-order valence-corrected chi connectivity index (χ2v) is 3.54. The molecule has 2 rings (SSSR count). The van der Waals surface area contributed by atoms with Crippen molar-refractivity contribution in [1.29, 1.82) is 0 Å². The Labute approximate surface area is 64.6 Å². The van der Waals surface area contributed by atoms with Crippen LogP contribution in [0.25, 0.3) is 0 Å². The molecule has 0 bridgehead atoms. The standard InChI is InChI=1S/C8H9NS/c9-7-3-1-2-6-4-5-10-8(6)7/h1-3H,4-5,9H2. The quantitative estimate of drug-likeness (QED) is 0.573. The Morgan fingerprint density at radius 3 is 3.10 bits per heavy atom. The lowest BCUT2D eigenvalue weighted by atomic mass is 10.1. The van der Waals surface area contributed by atoms with Gasteiger partial charge in [-0.15, -0.1) is 11.8 Å². The molecular weight excluding hydrogens is 142 g/mol. The summed E-state index contributed by atoms with van der Waals surface area (Å²) in [5, 5.41) is 0. The first-order valence-corrected chi connectivity index (χ1v) is 4.36. The molecule has 52 valence electrons. The van der Waals surface area contributed by atoms with E-state index < -0.39 is 0 Å². The van der Waals surface area contributed by atoms with Crippen LogP contribution in [0.1, 0.15) is 5.56 Å². The Kier molecular flexibility index (Phi) is 1.34. The smallest absolute Gasteiger partial charge is 0.0455 e. The molecule has 0 fully saturated rings. The van der Waals surface area contributed by atoms with Gasteiger partial charge >= 0.3 is 0 Å². The van der Waals surface area contributed by atoms with Gasteiger partial charge in [-0.05, 0) is 18.1 Å². The van der Waals surface area contributed by atoms with Gasteiger partial charge < -0.3 is 5.73 Å². The maximum Gasteiger partial charge on any atom is 0.0455 e. The third-order valence-corrected chi connectivity index (χ3v) is 2.94. The number of hydrogen-bond donors (Lipinski definition) is 1.